The second kappa shape index (κ2) is 3.32. The standard InChI is InChI=1S/C8H11F3S/c1-5-3-4-7(12-5)6(2)8(9,10)11/h3,6-7H,4H2,1-2H3. The van der Waals surface area contributed by atoms with Gasteiger partial charge in [0.05, 0.1) is 5.92 Å². The summed E-state index contributed by atoms with van der Waals surface area (Å²) in [5.74, 6) is -1.20. The summed E-state index contributed by atoms with van der Waals surface area (Å²) in [4.78, 5) is 1.01. The van der Waals surface area contributed by atoms with Crippen molar-refractivity contribution in [2.45, 2.75) is 31.7 Å². The lowest BCUT2D eigenvalue weighted by atomic mass is 10.0. The Morgan fingerprint density at radius 3 is 2.50 bits per heavy atom. The molecular weight excluding hydrogens is 185 g/mol. The molecule has 0 spiro atoms. The van der Waals surface area contributed by atoms with Crippen molar-refractivity contribution in [1.29, 1.82) is 0 Å². The molecule has 1 rings (SSSR count). The largest absolute Gasteiger partial charge is 0.392 e. The van der Waals surface area contributed by atoms with Gasteiger partial charge >= 0.3 is 6.18 Å². The van der Waals surface area contributed by atoms with Crippen molar-refractivity contribution in [3.63, 3.8) is 0 Å². The van der Waals surface area contributed by atoms with E-state index in [0.29, 0.717) is 6.42 Å². The van der Waals surface area contributed by atoms with Crippen molar-refractivity contribution in [3.8, 4) is 0 Å². The van der Waals surface area contributed by atoms with Crippen LogP contribution in [0.25, 0.3) is 0 Å². The molecule has 0 amide bonds. The van der Waals surface area contributed by atoms with Gasteiger partial charge < -0.3 is 0 Å². The maximum absolute atomic E-state index is 12.2. The summed E-state index contributed by atoms with van der Waals surface area (Å²) >= 11 is 1.34. The fourth-order valence-corrected chi connectivity index (χ4v) is 2.35. The van der Waals surface area contributed by atoms with Crippen LogP contribution in [0.4, 0.5) is 13.2 Å². The molecule has 70 valence electrons. The lowest BCUT2D eigenvalue weighted by Gasteiger charge is -2.21. The molecule has 0 radical (unpaired) electrons. The summed E-state index contributed by atoms with van der Waals surface area (Å²) in [6, 6.07) is 0. The molecule has 0 nitrogen and oxygen atoms in total. The molecule has 0 aromatic heterocycles. The Hall–Kier alpha value is -0.120. The molecule has 12 heavy (non-hydrogen) atoms. The highest BCUT2D eigenvalue weighted by atomic mass is 32.2. The van der Waals surface area contributed by atoms with E-state index in [4.69, 9.17) is 0 Å². The maximum Gasteiger partial charge on any atom is 0.392 e. The number of halogens is 3. The number of hydrogen-bond donors (Lipinski definition) is 0. The van der Waals surface area contributed by atoms with Crippen LogP contribution in [-0.2, 0) is 0 Å². The normalized spacial score (nSPS) is 27.1. The van der Waals surface area contributed by atoms with Crippen molar-refractivity contribution < 1.29 is 13.2 Å². The van der Waals surface area contributed by atoms with Gasteiger partial charge in [-0.05, 0) is 18.2 Å². The minimum Gasteiger partial charge on any atom is -0.171 e. The van der Waals surface area contributed by atoms with Crippen molar-refractivity contribution in [2.24, 2.45) is 5.92 Å². The van der Waals surface area contributed by atoms with E-state index in [0.717, 1.165) is 4.91 Å². The van der Waals surface area contributed by atoms with Crippen molar-refractivity contribution in [3.05, 3.63) is 11.0 Å². The van der Waals surface area contributed by atoms with E-state index in [9.17, 15) is 13.2 Å². The van der Waals surface area contributed by atoms with Gasteiger partial charge in [-0.15, -0.1) is 11.8 Å². The van der Waals surface area contributed by atoms with Gasteiger partial charge in [0.25, 0.3) is 0 Å². The van der Waals surface area contributed by atoms with E-state index >= 15 is 0 Å². The van der Waals surface area contributed by atoms with E-state index < -0.39 is 12.1 Å². The quantitative estimate of drug-likeness (QED) is 0.617. The van der Waals surface area contributed by atoms with Gasteiger partial charge in [0, 0.05) is 5.25 Å². The van der Waals surface area contributed by atoms with Crippen molar-refractivity contribution in [2.75, 3.05) is 0 Å². The van der Waals surface area contributed by atoms with Crippen LogP contribution in [0.2, 0.25) is 0 Å². The third-order valence-electron chi connectivity index (χ3n) is 2.05. The van der Waals surface area contributed by atoms with Crippen molar-refractivity contribution >= 4 is 11.8 Å². The summed E-state index contributed by atoms with van der Waals surface area (Å²) < 4.78 is 36.6. The first-order valence-electron chi connectivity index (χ1n) is 3.81. The molecule has 1 aliphatic rings. The second-order valence-electron chi connectivity index (χ2n) is 3.04. The summed E-state index contributed by atoms with van der Waals surface area (Å²) in [5.41, 5.74) is 0. The average molecular weight is 196 g/mol. The highest BCUT2D eigenvalue weighted by molar-refractivity contribution is 8.03. The minimum atomic E-state index is -4.05. The van der Waals surface area contributed by atoms with E-state index in [1.165, 1.54) is 18.7 Å². The third kappa shape index (κ3) is 2.19. The fourth-order valence-electron chi connectivity index (χ4n) is 1.13. The van der Waals surface area contributed by atoms with Crippen LogP contribution >= 0.6 is 11.8 Å². The number of allylic oxidation sites excluding steroid dienone is 2. The fraction of sp³-hybridized carbons (Fsp3) is 0.750. The number of thioether (sulfide) groups is 1. The zero-order chi connectivity index (χ0) is 9.35. The molecule has 1 aliphatic heterocycles. The van der Waals surface area contributed by atoms with Gasteiger partial charge in [-0.2, -0.15) is 13.2 Å². The summed E-state index contributed by atoms with van der Waals surface area (Å²) in [6.07, 6.45) is -1.62. The Kier molecular flexibility index (Phi) is 2.76. The first-order chi connectivity index (χ1) is 5.41. The van der Waals surface area contributed by atoms with Gasteiger partial charge in [0.15, 0.2) is 0 Å². The van der Waals surface area contributed by atoms with Crippen LogP contribution < -0.4 is 0 Å². The monoisotopic (exact) mass is 196 g/mol. The zero-order valence-corrected chi connectivity index (χ0v) is 7.80. The Morgan fingerprint density at radius 1 is 1.58 bits per heavy atom. The lowest BCUT2D eigenvalue weighted by molar-refractivity contribution is -0.169. The van der Waals surface area contributed by atoms with Crippen LogP contribution in [0.3, 0.4) is 0 Å². The molecule has 0 aromatic carbocycles. The second-order valence-corrected chi connectivity index (χ2v) is 4.52. The number of alkyl halides is 3. The van der Waals surface area contributed by atoms with Crippen LogP contribution in [-0.4, -0.2) is 11.4 Å². The van der Waals surface area contributed by atoms with E-state index in [1.54, 1.807) is 0 Å². The summed E-state index contributed by atoms with van der Waals surface area (Å²) in [6.45, 7) is 3.11. The zero-order valence-electron chi connectivity index (χ0n) is 6.98. The molecule has 4 heteroatoms. The Labute approximate surface area is 74.2 Å². The molecule has 2 unspecified atom stereocenters. The third-order valence-corrected chi connectivity index (χ3v) is 3.49. The molecule has 0 fully saturated rings. The van der Waals surface area contributed by atoms with E-state index in [-0.39, 0.29) is 5.25 Å². The van der Waals surface area contributed by atoms with E-state index in [1.807, 2.05) is 13.0 Å². The molecule has 0 saturated carbocycles. The molecule has 0 aromatic rings. The average Bonchev–Trinajstić information content (AvgIpc) is 2.32. The van der Waals surface area contributed by atoms with Crippen LogP contribution in [0.15, 0.2) is 11.0 Å². The maximum atomic E-state index is 12.2. The van der Waals surface area contributed by atoms with Crippen LogP contribution in [0.5, 0.6) is 0 Å². The molecule has 2 atom stereocenters. The first kappa shape index (κ1) is 9.96. The van der Waals surface area contributed by atoms with Gasteiger partial charge in [-0.25, -0.2) is 0 Å². The van der Waals surface area contributed by atoms with Crippen molar-refractivity contribution in [1.82, 2.24) is 0 Å². The SMILES string of the molecule is CC1=CCC(C(C)C(F)(F)F)S1. The smallest absolute Gasteiger partial charge is 0.171 e. The molecular formula is C8H11F3S. The van der Waals surface area contributed by atoms with Gasteiger partial charge in [0.1, 0.15) is 0 Å². The minimum absolute atomic E-state index is 0.301. The summed E-state index contributed by atoms with van der Waals surface area (Å²) in [7, 11) is 0. The molecule has 1 heterocycles. The molecule has 0 N–H and O–H groups in total. The Bertz CT molecular complexity index is 195. The van der Waals surface area contributed by atoms with Gasteiger partial charge in [0.2, 0.25) is 0 Å². The number of hydrogen-bond acceptors (Lipinski definition) is 1. The van der Waals surface area contributed by atoms with E-state index in [2.05, 4.69) is 0 Å². The lowest BCUT2D eigenvalue weighted by Crippen LogP contribution is -2.28. The topological polar surface area (TPSA) is 0 Å². The highest BCUT2D eigenvalue weighted by Gasteiger charge is 2.42. The molecule has 0 aliphatic carbocycles. The highest BCUT2D eigenvalue weighted by Crippen LogP contribution is 2.42. The number of rotatable bonds is 1. The predicted molar refractivity (Wildman–Crippen MR) is 45.0 cm³/mol. The molecule has 0 saturated heterocycles. The molecule has 0 bridgehead atoms. The van der Waals surface area contributed by atoms with Crippen LogP contribution in [0, 0.1) is 5.92 Å². The predicted octanol–water partition coefficient (Wildman–Crippen LogP) is 3.59. The van der Waals surface area contributed by atoms with Gasteiger partial charge in [-0.1, -0.05) is 13.0 Å². The van der Waals surface area contributed by atoms with Crippen LogP contribution in [0.1, 0.15) is 20.3 Å². The Morgan fingerprint density at radius 2 is 2.17 bits per heavy atom. The first-order valence-corrected chi connectivity index (χ1v) is 4.69. The Balaban J connectivity index is 2.51. The van der Waals surface area contributed by atoms with Gasteiger partial charge in [-0.3, -0.25) is 0 Å². The summed E-state index contributed by atoms with van der Waals surface area (Å²) in [5, 5.41) is -0.301.